The molecule has 0 aliphatic carbocycles. The van der Waals surface area contributed by atoms with Crippen molar-refractivity contribution in [3.8, 4) is 5.69 Å². The number of aromatic carboxylic acids is 2. The van der Waals surface area contributed by atoms with Crippen LogP contribution in [-0.2, 0) is 0 Å². The van der Waals surface area contributed by atoms with Crippen molar-refractivity contribution in [2.24, 2.45) is 0 Å². The number of nitrogens with one attached hydrogen (secondary N) is 1. The Morgan fingerprint density at radius 1 is 1.17 bits per heavy atom. The quantitative estimate of drug-likeness (QED) is 0.529. The van der Waals surface area contributed by atoms with Crippen LogP contribution in [0.4, 0.5) is 0 Å². The van der Waals surface area contributed by atoms with E-state index in [-0.39, 0.29) is 40.7 Å². The molecule has 11 heteroatoms. The summed E-state index contributed by atoms with van der Waals surface area (Å²) in [6.07, 6.45) is 0. The first-order valence-corrected chi connectivity index (χ1v) is 5.80. The zero-order valence-corrected chi connectivity index (χ0v) is 14.4. The molecule has 0 aliphatic rings. The van der Waals surface area contributed by atoms with Gasteiger partial charge in [0.1, 0.15) is 0 Å². The summed E-state index contributed by atoms with van der Waals surface area (Å²) in [5, 5.41) is 20.5. The van der Waals surface area contributed by atoms with Crippen LogP contribution in [0.25, 0.3) is 5.69 Å². The Kier molecular flexibility index (Phi) is 7.41. The number of carboxylic acids is 2. The molecule has 0 radical (unpaired) electrons. The summed E-state index contributed by atoms with van der Waals surface area (Å²) >= 11 is 5.68. The first-order valence-electron chi connectivity index (χ1n) is 5.43. The van der Waals surface area contributed by atoms with Crippen LogP contribution in [0.5, 0.6) is 0 Å². The Morgan fingerprint density at radius 2 is 1.70 bits per heavy atom. The Morgan fingerprint density at radius 3 is 2.13 bits per heavy atom. The molecule has 0 aliphatic heterocycles. The second kappa shape index (κ2) is 8.09. The second-order valence-electron chi connectivity index (χ2n) is 3.89. The number of halogens is 1. The maximum Gasteiger partial charge on any atom is 1.00 e. The number of benzene rings is 1. The fraction of sp³-hybridized carbons (Fsp3) is 0. The number of nitrogens with zero attached hydrogens (tertiary/aromatic N) is 1. The van der Waals surface area contributed by atoms with E-state index >= 15 is 0 Å². The van der Waals surface area contributed by atoms with Gasteiger partial charge in [-0.25, -0.2) is 9.59 Å². The average Bonchev–Trinajstić information content (AvgIpc) is 2.38. The Balaban J connectivity index is 0.00000242. The first-order chi connectivity index (χ1) is 9.82. The van der Waals surface area contributed by atoms with Crippen LogP contribution in [0.15, 0.2) is 33.9 Å². The van der Waals surface area contributed by atoms with E-state index in [1.165, 1.54) is 24.3 Å². The van der Waals surface area contributed by atoms with Crippen LogP contribution < -0.4 is 45.9 Å². The van der Waals surface area contributed by atoms with Gasteiger partial charge >= 0.3 is 41.2 Å². The fourth-order valence-electron chi connectivity index (χ4n) is 1.76. The maximum atomic E-state index is 11.8. The summed E-state index contributed by atoms with van der Waals surface area (Å²) in [5.41, 5.74) is -4.55. The van der Waals surface area contributed by atoms with Crippen molar-refractivity contribution in [2.45, 2.75) is 0 Å². The van der Waals surface area contributed by atoms with Crippen LogP contribution in [0, 0.1) is 0 Å². The van der Waals surface area contributed by atoms with E-state index in [9.17, 15) is 24.3 Å². The van der Waals surface area contributed by atoms with Gasteiger partial charge in [-0.2, -0.15) is 0 Å². The summed E-state index contributed by atoms with van der Waals surface area (Å²) in [5.74, 6) is -3.76. The summed E-state index contributed by atoms with van der Waals surface area (Å²) in [4.78, 5) is 47.3. The van der Waals surface area contributed by atoms with Crippen molar-refractivity contribution < 1.29 is 54.8 Å². The number of hydrogen-bond donors (Lipinski definition) is 2. The molecule has 0 fully saturated rings. The molecule has 0 saturated carbocycles. The minimum atomic E-state index is -1.97. The first kappa shape index (κ1) is 21.1. The molecule has 1 heterocycles. The normalized spacial score (nSPS) is 9.43. The van der Waals surface area contributed by atoms with Crippen molar-refractivity contribution in [1.29, 1.82) is 0 Å². The zero-order chi connectivity index (χ0) is 15.7. The minimum Gasteiger partial charge on any atom is -0.543 e. The molecule has 1 aromatic carbocycles. The Labute approximate surface area is 154 Å². The van der Waals surface area contributed by atoms with Crippen molar-refractivity contribution in [3.63, 3.8) is 0 Å². The van der Waals surface area contributed by atoms with Crippen LogP contribution in [0.2, 0.25) is 5.02 Å². The van der Waals surface area contributed by atoms with Crippen molar-refractivity contribution in [1.82, 2.24) is 9.55 Å². The number of aromatic nitrogens is 2. The third-order valence-electron chi connectivity index (χ3n) is 2.60. The van der Waals surface area contributed by atoms with E-state index < -0.39 is 34.4 Å². The predicted molar refractivity (Wildman–Crippen MR) is 72.6 cm³/mol. The van der Waals surface area contributed by atoms with E-state index in [2.05, 4.69) is 0 Å². The molecular formula is C12H8ClN2NaO7. The second-order valence-corrected chi connectivity index (χ2v) is 4.32. The SMILES string of the molecule is O.O=C(O)c1c(C(=O)[O-])n(-c2ccc(Cl)cc2)c(=O)[nH]c1=O.[Na+]. The van der Waals surface area contributed by atoms with Gasteiger partial charge in [0.15, 0.2) is 5.56 Å². The van der Waals surface area contributed by atoms with Crippen molar-refractivity contribution in [3.05, 3.63) is 61.4 Å². The molecule has 4 N–H and O–H groups in total. The van der Waals surface area contributed by atoms with E-state index in [0.717, 1.165) is 0 Å². The van der Waals surface area contributed by atoms with Gasteiger partial charge in [-0.05, 0) is 24.3 Å². The van der Waals surface area contributed by atoms with Crippen LogP contribution in [-0.4, -0.2) is 32.1 Å². The third-order valence-corrected chi connectivity index (χ3v) is 2.86. The largest absolute Gasteiger partial charge is 1.00 e. The monoisotopic (exact) mass is 350 g/mol. The number of rotatable bonds is 3. The summed E-state index contributed by atoms with van der Waals surface area (Å²) in [6.45, 7) is 0. The Hall–Kier alpha value is -1.91. The van der Waals surface area contributed by atoms with E-state index in [4.69, 9.17) is 16.7 Å². The zero-order valence-electron chi connectivity index (χ0n) is 11.6. The number of carbonyl (C=O) groups excluding carboxylic acids is 1. The summed E-state index contributed by atoms with van der Waals surface area (Å²) in [7, 11) is 0. The van der Waals surface area contributed by atoms with Gasteiger partial charge in [0.2, 0.25) is 0 Å². The minimum absolute atomic E-state index is 0. The van der Waals surface area contributed by atoms with Crippen LogP contribution in [0.3, 0.4) is 0 Å². The molecule has 0 unspecified atom stereocenters. The molecule has 2 aromatic rings. The molecule has 9 nitrogen and oxygen atoms in total. The van der Waals surface area contributed by atoms with E-state index in [1.807, 2.05) is 0 Å². The predicted octanol–water partition coefficient (Wildman–Crippen LogP) is -4.58. The molecule has 23 heavy (non-hydrogen) atoms. The van der Waals surface area contributed by atoms with Gasteiger partial charge in [0.05, 0.1) is 17.4 Å². The number of H-pyrrole nitrogens is 1. The number of carbonyl (C=O) groups is 2. The molecule has 0 saturated heterocycles. The molecule has 0 atom stereocenters. The fourth-order valence-corrected chi connectivity index (χ4v) is 1.89. The molecule has 116 valence electrons. The summed E-state index contributed by atoms with van der Waals surface area (Å²) < 4.78 is 0.524. The third kappa shape index (κ3) is 4.09. The molecule has 2 rings (SSSR count). The molecule has 0 spiro atoms. The van der Waals surface area contributed by atoms with Gasteiger partial charge in [-0.1, -0.05) is 11.6 Å². The van der Waals surface area contributed by atoms with Gasteiger partial charge in [-0.3, -0.25) is 14.3 Å². The van der Waals surface area contributed by atoms with Gasteiger partial charge in [-0.15, -0.1) is 0 Å². The topological polar surface area (TPSA) is 164 Å². The number of aromatic amines is 1. The molecular weight excluding hydrogens is 343 g/mol. The van der Waals surface area contributed by atoms with E-state index in [0.29, 0.717) is 9.59 Å². The molecule has 0 amide bonds. The van der Waals surface area contributed by atoms with Crippen LogP contribution >= 0.6 is 11.6 Å². The number of carboxylic acid groups (broad SMARTS) is 2. The summed E-state index contributed by atoms with van der Waals surface area (Å²) in [6, 6.07) is 5.32. The van der Waals surface area contributed by atoms with Crippen LogP contribution in [0.1, 0.15) is 20.8 Å². The average molecular weight is 351 g/mol. The van der Waals surface area contributed by atoms with Gasteiger partial charge in [0, 0.05) is 5.02 Å². The standard InChI is InChI=1S/C12H7ClN2O6.Na.H2O/c13-5-1-3-6(4-2-5)15-8(11(19)20)7(10(17)18)9(16)14-12(15)21;;/h1-4H,(H,17,18)(H,19,20)(H,14,16,21);;1H2/q;+1;/p-1. The molecule has 1 aromatic heterocycles. The molecule has 0 bridgehead atoms. The van der Waals surface area contributed by atoms with E-state index in [1.54, 1.807) is 4.98 Å². The Bertz CT molecular complexity index is 857. The van der Waals surface area contributed by atoms with Crippen molar-refractivity contribution >= 4 is 23.5 Å². The van der Waals surface area contributed by atoms with Crippen molar-refractivity contribution in [2.75, 3.05) is 0 Å². The maximum absolute atomic E-state index is 11.8. The smallest absolute Gasteiger partial charge is 0.543 e. The number of hydrogen-bond acceptors (Lipinski definition) is 5. The van der Waals surface area contributed by atoms with Gasteiger partial charge < -0.3 is 20.5 Å². The van der Waals surface area contributed by atoms with Gasteiger partial charge in [0.25, 0.3) is 5.56 Å².